The summed E-state index contributed by atoms with van der Waals surface area (Å²) in [7, 11) is 1.96. The van der Waals surface area contributed by atoms with Crippen LogP contribution in [0.4, 0.5) is 0 Å². The van der Waals surface area contributed by atoms with E-state index in [1.54, 1.807) is 0 Å². The SMILES string of the molecule is CCCN(C)C(C#N)c1cccc(Cl)c1. The fraction of sp³-hybridized carbons (Fsp3) is 0.417. The lowest BCUT2D eigenvalue weighted by Crippen LogP contribution is -2.24. The van der Waals surface area contributed by atoms with E-state index in [0.29, 0.717) is 5.02 Å². The van der Waals surface area contributed by atoms with Crippen LogP contribution >= 0.6 is 11.6 Å². The monoisotopic (exact) mass is 222 g/mol. The van der Waals surface area contributed by atoms with Gasteiger partial charge in [0.05, 0.1) is 6.07 Å². The molecule has 1 rings (SSSR count). The second kappa shape index (κ2) is 5.75. The third-order valence-electron chi connectivity index (χ3n) is 2.30. The van der Waals surface area contributed by atoms with E-state index in [1.165, 1.54) is 0 Å². The molecule has 3 heteroatoms. The Morgan fingerprint density at radius 2 is 2.27 bits per heavy atom. The van der Waals surface area contributed by atoms with Gasteiger partial charge in [0.2, 0.25) is 0 Å². The van der Waals surface area contributed by atoms with Gasteiger partial charge in [-0.3, -0.25) is 4.90 Å². The van der Waals surface area contributed by atoms with Crippen LogP contribution in [-0.4, -0.2) is 18.5 Å². The first-order valence-corrected chi connectivity index (χ1v) is 5.42. The van der Waals surface area contributed by atoms with Crippen molar-refractivity contribution in [3.8, 4) is 6.07 Å². The largest absolute Gasteiger partial charge is 0.287 e. The Bertz CT molecular complexity index is 357. The maximum absolute atomic E-state index is 9.13. The van der Waals surface area contributed by atoms with Gasteiger partial charge < -0.3 is 0 Å². The summed E-state index contributed by atoms with van der Waals surface area (Å²) in [5.74, 6) is 0. The molecule has 1 aromatic carbocycles. The van der Waals surface area contributed by atoms with Crippen LogP contribution in [0.15, 0.2) is 24.3 Å². The number of hydrogen-bond donors (Lipinski definition) is 0. The van der Waals surface area contributed by atoms with Gasteiger partial charge in [0.25, 0.3) is 0 Å². The summed E-state index contributed by atoms with van der Waals surface area (Å²) in [6.45, 7) is 3.01. The molecule has 0 aromatic heterocycles. The Balaban J connectivity index is 2.88. The van der Waals surface area contributed by atoms with Crippen LogP contribution in [0.5, 0.6) is 0 Å². The Morgan fingerprint density at radius 3 is 2.80 bits per heavy atom. The number of rotatable bonds is 4. The Labute approximate surface area is 96.1 Å². The molecule has 0 aliphatic heterocycles. The molecule has 0 N–H and O–H groups in total. The van der Waals surface area contributed by atoms with Crippen LogP contribution in [0.2, 0.25) is 5.02 Å². The van der Waals surface area contributed by atoms with Gasteiger partial charge in [-0.1, -0.05) is 30.7 Å². The van der Waals surface area contributed by atoms with Crippen LogP contribution in [0.25, 0.3) is 0 Å². The summed E-state index contributed by atoms with van der Waals surface area (Å²) in [6, 6.07) is 9.57. The van der Waals surface area contributed by atoms with E-state index >= 15 is 0 Å². The quantitative estimate of drug-likeness (QED) is 0.782. The lowest BCUT2D eigenvalue weighted by Gasteiger charge is -2.22. The number of nitrogens with zero attached hydrogens (tertiary/aromatic N) is 2. The van der Waals surface area contributed by atoms with Crippen molar-refractivity contribution >= 4 is 11.6 Å². The molecule has 1 unspecified atom stereocenters. The molecule has 0 aliphatic carbocycles. The van der Waals surface area contributed by atoms with Gasteiger partial charge in [0.15, 0.2) is 0 Å². The Morgan fingerprint density at radius 1 is 1.53 bits per heavy atom. The van der Waals surface area contributed by atoms with Gasteiger partial charge in [-0.2, -0.15) is 5.26 Å². The van der Waals surface area contributed by atoms with E-state index in [2.05, 4.69) is 13.0 Å². The lowest BCUT2D eigenvalue weighted by atomic mass is 10.1. The second-order valence-electron chi connectivity index (χ2n) is 3.57. The molecule has 80 valence electrons. The molecule has 2 nitrogen and oxygen atoms in total. The van der Waals surface area contributed by atoms with E-state index in [0.717, 1.165) is 18.5 Å². The maximum Gasteiger partial charge on any atom is 0.123 e. The summed E-state index contributed by atoms with van der Waals surface area (Å²) < 4.78 is 0. The molecule has 0 amide bonds. The predicted molar refractivity (Wildman–Crippen MR) is 62.7 cm³/mol. The maximum atomic E-state index is 9.13. The van der Waals surface area contributed by atoms with Crippen LogP contribution < -0.4 is 0 Å². The molecule has 0 saturated heterocycles. The average Bonchev–Trinajstić information content (AvgIpc) is 2.19. The minimum absolute atomic E-state index is 0.205. The molecule has 0 aliphatic rings. The van der Waals surface area contributed by atoms with E-state index in [-0.39, 0.29) is 6.04 Å². The van der Waals surface area contributed by atoms with Crippen molar-refractivity contribution in [3.05, 3.63) is 34.9 Å². The molecule has 0 spiro atoms. The standard InChI is InChI=1S/C12H15ClN2/c1-3-7-15(2)12(9-14)10-5-4-6-11(13)8-10/h4-6,8,12H,3,7H2,1-2H3. The molecular weight excluding hydrogens is 208 g/mol. The third kappa shape index (κ3) is 3.23. The average molecular weight is 223 g/mol. The van der Waals surface area contributed by atoms with Crippen molar-refractivity contribution in [2.45, 2.75) is 19.4 Å². The van der Waals surface area contributed by atoms with Crippen LogP contribution in [0.1, 0.15) is 24.9 Å². The molecule has 1 aromatic rings. The molecule has 0 bridgehead atoms. The highest BCUT2D eigenvalue weighted by molar-refractivity contribution is 6.30. The molecule has 0 heterocycles. The second-order valence-corrected chi connectivity index (χ2v) is 4.00. The fourth-order valence-electron chi connectivity index (χ4n) is 1.59. The van der Waals surface area contributed by atoms with Gasteiger partial charge >= 0.3 is 0 Å². The van der Waals surface area contributed by atoms with E-state index in [1.807, 2.05) is 36.2 Å². The number of hydrogen-bond acceptors (Lipinski definition) is 2. The van der Waals surface area contributed by atoms with Gasteiger partial charge in [0.1, 0.15) is 6.04 Å². The number of benzene rings is 1. The van der Waals surface area contributed by atoms with Crippen molar-refractivity contribution in [3.63, 3.8) is 0 Å². The van der Waals surface area contributed by atoms with E-state index < -0.39 is 0 Å². The predicted octanol–water partition coefficient (Wildman–Crippen LogP) is 3.25. The number of halogens is 1. The zero-order valence-corrected chi connectivity index (χ0v) is 9.83. The summed E-state index contributed by atoms with van der Waals surface area (Å²) in [5, 5.41) is 9.81. The van der Waals surface area contributed by atoms with Gasteiger partial charge in [-0.25, -0.2) is 0 Å². The van der Waals surface area contributed by atoms with E-state index in [9.17, 15) is 0 Å². The minimum Gasteiger partial charge on any atom is -0.287 e. The van der Waals surface area contributed by atoms with Gasteiger partial charge in [-0.05, 0) is 37.7 Å². The lowest BCUT2D eigenvalue weighted by molar-refractivity contribution is 0.292. The molecule has 0 fully saturated rings. The summed E-state index contributed by atoms with van der Waals surface area (Å²) in [5.41, 5.74) is 0.959. The van der Waals surface area contributed by atoms with Crippen molar-refractivity contribution < 1.29 is 0 Å². The van der Waals surface area contributed by atoms with Crippen LogP contribution in [0, 0.1) is 11.3 Å². The summed E-state index contributed by atoms with van der Waals surface area (Å²) in [6.07, 6.45) is 1.04. The Kier molecular flexibility index (Phi) is 4.61. The highest BCUT2D eigenvalue weighted by Gasteiger charge is 2.15. The van der Waals surface area contributed by atoms with Crippen LogP contribution in [0.3, 0.4) is 0 Å². The van der Waals surface area contributed by atoms with Crippen molar-refractivity contribution in [2.75, 3.05) is 13.6 Å². The summed E-state index contributed by atoms with van der Waals surface area (Å²) >= 11 is 5.90. The summed E-state index contributed by atoms with van der Waals surface area (Å²) in [4.78, 5) is 2.03. The van der Waals surface area contributed by atoms with Crippen molar-refractivity contribution in [1.82, 2.24) is 4.90 Å². The minimum atomic E-state index is -0.205. The third-order valence-corrected chi connectivity index (χ3v) is 2.54. The van der Waals surface area contributed by atoms with E-state index in [4.69, 9.17) is 16.9 Å². The molecule has 0 radical (unpaired) electrons. The zero-order chi connectivity index (χ0) is 11.3. The fourth-order valence-corrected chi connectivity index (χ4v) is 1.78. The van der Waals surface area contributed by atoms with Crippen LogP contribution in [-0.2, 0) is 0 Å². The van der Waals surface area contributed by atoms with Gasteiger partial charge in [-0.15, -0.1) is 0 Å². The zero-order valence-electron chi connectivity index (χ0n) is 9.07. The highest BCUT2D eigenvalue weighted by Crippen LogP contribution is 2.21. The first-order valence-electron chi connectivity index (χ1n) is 5.04. The first-order chi connectivity index (χ1) is 7.19. The normalized spacial score (nSPS) is 12.5. The highest BCUT2D eigenvalue weighted by atomic mass is 35.5. The van der Waals surface area contributed by atoms with Crippen molar-refractivity contribution in [1.29, 1.82) is 5.26 Å². The molecule has 15 heavy (non-hydrogen) atoms. The Hall–Kier alpha value is -1.04. The molecule has 1 atom stereocenters. The number of nitriles is 1. The molecular formula is C12H15ClN2. The topological polar surface area (TPSA) is 27.0 Å². The van der Waals surface area contributed by atoms with Gasteiger partial charge in [0, 0.05) is 5.02 Å². The first kappa shape index (κ1) is 12.0. The smallest absolute Gasteiger partial charge is 0.123 e. The molecule has 0 saturated carbocycles. The van der Waals surface area contributed by atoms with Crippen molar-refractivity contribution in [2.24, 2.45) is 0 Å².